The Bertz CT molecular complexity index is 395. The predicted molar refractivity (Wildman–Crippen MR) is 69.0 cm³/mol. The van der Waals surface area contributed by atoms with E-state index in [9.17, 15) is 4.79 Å². The van der Waals surface area contributed by atoms with Crippen LogP contribution in [0.3, 0.4) is 0 Å². The van der Waals surface area contributed by atoms with E-state index < -0.39 is 0 Å². The number of hydrogen-bond donors (Lipinski definition) is 1. The first-order valence-corrected chi connectivity index (χ1v) is 6.01. The number of rotatable bonds is 5. The topological polar surface area (TPSA) is 47.6 Å². The number of hydrogen-bond acceptors (Lipinski definition) is 4. The first kappa shape index (κ1) is 14.0. The van der Waals surface area contributed by atoms with Gasteiger partial charge in [0.1, 0.15) is 11.8 Å². The van der Waals surface area contributed by atoms with Crippen LogP contribution in [0.1, 0.15) is 12.5 Å². The second-order valence-corrected chi connectivity index (χ2v) is 4.50. The maximum atomic E-state index is 11.2. The highest BCUT2D eigenvalue weighted by Gasteiger charge is 2.13. The number of carbonyl (C=O) groups excluding carboxylic acids is 1. The lowest BCUT2D eigenvalue weighted by molar-refractivity contribution is -0.142. The van der Waals surface area contributed by atoms with E-state index in [1.54, 1.807) is 14.0 Å². The van der Waals surface area contributed by atoms with E-state index >= 15 is 0 Å². The lowest BCUT2D eigenvalue weighted by Gasteiger charge is -2.13. The maximum Gasteiger partial charge on any atom is 0.322 e. The summed E-state index contributed by atoms with van der Waals surface area (Å²) in [5.74, 6) is 0.511. The Hall–Kier alpha value is -1.07. The quantitative estimate of drug-likeness (QED) is 0.846. The molecule has 17 heavy (non-hydrogen) atoms. The second kappa shape index (κ2) is 6.61. The van der Waals surface area contributed by atoms with E-state index in [1.807, 2.05) is 18.2 Å². The molecule has 0 spiro atoms. The van der Waals surface area contributed by atoms with Crippen LogP contribution in [0.25, 0.3) is 0 Å². The monoisotopic (exact) mass is 301 g/mol. The molecule has 0 heterocycles. The van der Waals surface area contributed by atoms with Gasteiger partial charge in [-0.25, -0.2) is 0 Å². The highest BCUT2D eigenvalue weighted by Crippen LogP contribution is 2.22. The summed E-state index contributed by atoms with van der Waals surface area (Å²) in [6, 6.07) is 5.40. The molecule has 0 amide bonds. The molecular formula is C12H16BrNO3. The van der Waals surface area contributed by atoms with Crippen molar-refractivity contribution in [3.8, 4) is 5.75 Å². The summed E-state index contributed by atoms with van der Waals surface area (Å²) >= 11 is 3.40. The van der Waals surface area contributed by atoms with Gasteiger partial charge in [0.15, 0.2) is 0 Å². The zero-order valence-electron chi connectivity index (χ0n) is 10.1. The van der Waals surface area contributed by atoms with E-state index in [1.165, 1.54) is 7.11 Å². The smallest absolute Gasteiger partial charge is 0.322 e. The van der Waals surface area contributed by atoms with Gasteiger partial charge in [0, 0.05) is 16.6 Å². The molecule has 0 aliphatic rings. The van der Waals surface area contributed by atoms with E-state index in [4.69, 9.17) is 4.74 Å². The fourth-order valence-electron chi connectivity index (χ4n) is 1.41. The molecular weight excluding hydrogens is 286 g/mol. The Balaban J connectivity index is 2.68. The fraction of sp³-hybridized carbons (Fsp3) is 0.417. The first-order chi connectivity index (χ1) is 8.08. The molecule has 1 N–H and O–H groups in total. The normalized spacial score (nSPS) is 12.0. The van der Waals surface area contributed by atoms with Crippen molar-refractivity contribution in [2.75, 3.05) is 14.2 Å². The van der Waals surface area contributed by atoms with Crippen molar-refractivity contribution >= 4 is 21.9 Å². The summed E-state index contributed by atoms with van der Waals surface area (Å²) in [4.78, 5) is 11.2. The first-order valence-electron chi connectivity index (χ1n) is 5.22. The number of benzene rings is 1. The predicted octanol–water partition coefficient (Wildman–Crippen LogP) is 2.11. The van der Waals surface area contributed by atoms with Crippen LogP contribution in [0.4, 0.5) is 0 Å². The zero-order chi connectivity index (χ0) is 12.8. The summed E-state index contributed by atoms with van der Waals surface area (Å²) in [5, 5.41) is 3.08. The van der Waals surface area contributed by atoms with Crippen LogP contribution < -0.4 is 10.1 Å². The van der Waals surface area contributed by atoms with E-state index in [2.05, 4.69) is 26.0 Å². The third-order valence-corrected chi connectivity index (χ3v) is 2.89. The molecule has 4 nitrogen and oxygen atoms in total. The van der Waals surface area contributed by atoms with Crippen LogP contribution >= 0.6 is 15.9 Å². The molecule has 0 aromatic heterocycles. The van der Waals surface area contributed by atoms with Gasteiger partial charge in [-0.3, -0.25) is 4.79 Å². The average Bonchev–Trinajstić information content (AvgIpc) is 2.35. The van der Waals surface area contributed by atoms with Crippen LogP contribution in [0.2, 0.25) is 0 Å². The SMILES string of the molecule is COC(=O)[C@H](C)NCc1cc(Br)ccc1OC. The minimum absolute atomic E-state index is 0.279. The van der Waals surface area contributed by atoms with Gasteiger partial charge in [-0.05, 0) is 25.1 Å². The Labute approximate surface area is 109 Å². The van der Waals surface area contributed by atoms with Gasteiger partial charge >= 0.3 is 5.97 Å². The summed E-state index contributed by atoms with van der Waals surface area (Å²) in [7, 11) is 3.00. The summed E-state index contributed by atoms with van der Waals surface area (Å²) in [6.45, 7) is 2.30. The van der Waals surface area contributed by atoms with Crippen LogP contribution in [-0.4, -0.2) is 26.2 Å². The van der Waals surface area contributed by atoms with Gasteiger partial charge in [0.05, 0.1) is 14.2 Å². The molecule has 94 valence electrons. The largest absolute Gasteiger partial charge is 0.496 e. The van der Waals surface area contributed by atoms with Gasteiger partial charge in [-0.15, -0.1) is 0 Å². The lowest BCUT2D eigenvalue weighted by atomic mass is 10.2. The second-order valence-electron chi connectivity index (χ2n) is 3.58. The Morgan fingerprint density at radius 1 is 1.47 bits per heavy atom. The molecule has 0 aliphatic heterocycles. The zero-order valence-corrected chi connectivity index (χ0v) is 11.7. The van der Waals surface area contributed by atoms with Crippen LogP contribution in [0.15, 0.2) is 22.7 Å². The van der Waals surface area contributed by atoms with Gasteiger partial charge in [0.2, 0.25) is 0 Å². The van der Waals surface area contributed by atoms with E-state index in [-0.39, 0.29) is 12.0 Å². The standard InChI is InChI=1S/C12H16BrNO3/c1-8(12(15)17-3)14-7-9-6-10(13)4-5-11(9)16-2/h4-6,8,14H,7H2,1-3H3/t8-/m0/s1. The Morgan fingerprint density at radius 3 is 2.76 bits per heavy atom. The molecule has 0 aliphatic carbocycles. The fourth-order valence-corrected chi connectivity index (χ4v) is 1.82. The Morgan fingerprint density at radius 2 is 2.18 bits per heavy atom. The van der Waals surface area contributed by atoms with Crippen LogP contribution in [-0.2, 0) is 16.1 Å². The minimum atomic E-state index is -0.344. The third kappa shape index (κ3) is 4.02. The van der Waals surface area contributed by atoms with Crippen LogP contribution in [0.5, 0.6) is 5.75 Å². The third-order valence-electron chi connectivity index (χ3n) is 2.40. The molecule has 5 heteroatoms. The summed E-state index contributed by atoms with van der Waals surface area (Å²) in [5.41, 5.74) is 0.984. The summed E-state index contributed by atoms with van der Waals surface area (Å²) in [6.07, 6.45) is 0. The summed E-state index contributed by atoms with van der Waals surface area (Å²) < 4.78 is 10.9. The molecule has 0 saturated heterocycles. The van der Waals surface area contributed by atoms with E-state index in [0.717, 1.165) is 15.8 Å². The highest BCUT2D eigenvalue weighted by molar-refractivity contribution is 9.10. The van der Waals surface area contributed by atoms with Crippen molar-refractivity contribution in [2.24, 2.45) is 0 Å². The van der Waals surface area contributed by atoms with Crippen molar-refractivity contribution in [3.05, 3.63) is 28.2 Å². The molecule has 0 unspecified atom stereocenters. The maximum absolute atomic E-state index is 11.2. The molecule has 1 rings (SSSR count). The molecule has 1 atom stereocenters. The van der Waals surface area contributed by atoms with Gasteiger partial charge < -0.3 is 14.8 Å². The number of carbonyl (C=O) groups is 1. The lowest BCUT2D eigenvalue weighted by Crippen LogP contribution is -2.34. The van der Waals surface area contributed by atoms with Crippen molar-refractivity contribution in [1.29, 1.82) is 0 Å². The number of methoxy groups -OCH3 is 2. The van der Waals surface area contributed by atoms with Crippen molar-refractivity contribution in [1.82, 2.24) is 5.32 Å². The molecule has 0 fully saturated rings. The van der Waals surface area contributed by atoms with Crippen molar-refractivity contribution in [2.45, 2.75) is 19.5 Å². The van der Waals surface area contributed by atoms with E-state index in [0.29, 0.717) is 6.54 Å². The molecule has 0 bridgehead atoms. The minimum Gasteiger partial charge on any atom is -0.496 e. The van der Waals surface area contributed by atoms with Gasteiger partial charge in [-0.2, -0.15) is 0 Å². The number of esters is 1. The highest BCUT2D eigenvalue weighted by atomic mass is 79.9. The average molecular weight is 302 g/mol. The molecule has 0 radical (unpaired) electrons. The number of halogens is 1. The Kier molecular flexibility index (Phi) is 5.44. The van der Waals surface area contributed by atoms with Gasteiger partial charge in [0.25, 0.3) is 0 Å². The number of nitrogens with one attached hydrogen (secondary N) is 1. The van der Waals surface area contributed by atoms with Gasteiger partial charge in [-0.1, -0.05) is 15.9 Å². The number of ether oxygens (including phenoxy) is 2. The van der Waals surface area contributed by atoms with Crippen molar-refractivity contribution < 1.29 is 14.3 Å². The van der Waals surface area contributed by atoms with Crippen LogP contribution in [0, 0.1) is 0 Å². The molecule has 1 aromatic rings. The van der Waals surface area contributed by atoms with Crippen molar-refractivity contribution in [3.63, 3.8) is 0 Å². The molecule has 0 saturated carbocycles. The molecule has 1 aromatic carbocycles.